The van der Waals surface area contributed by atoms with Crippen LogP contribution >= 0.6 is 12.4 Å². The van der Waals surface area contributed by atoms with Crippen molar-refractivity contribution in [3.8, 4) is 0 Å². The van der Waals surface area contributed by atoms with Gasteiger partial charge >= 0.3 is 0 Å². The van der Waals surface area contributed by atoms with Crippen LogP contribution in [0, 0.1) is 5.41 Å². The lowest BCUT2D eigenvalue weighted by atomic mass is 9.71. The number of carbonyl (C=O) groups excluding carboxylic acids is 1. The highest BCUT2D eigenvalue weighted by Gasteiger charge is 2.35. The zero-order valence-corrected chi connectivity index (χ0v) is 15.7. The van der Waals surface area contributed by atoms with Crippen molar-refractivity contribution < 1.29 is 9.53 Å². The molecule has 0 bridgehead atoms. The fourth-order valence-electron chi connectivity index (χ4n) is 4.24. The summed E-state index contributed by atoms with van der Waals surface area (Å²) in [7, 11) is 0. The summed E-state index contributed by atoms with van der Waals surface area (Å²) in [5.41, 5.74) is 7.17. The molecule has 1 aliphatic heterocycles. The Balaban J connectivity index is 0.00000225. The molecule has 1 heterocycles. The van der Waals surface area contributed by atoms with Gasteiger partial charge in [-0.05, 0) is 43.2 Å². The van der Waals surface area contributed by atoms with Crippen LogP contribution in [-0.2, 0) is 9.53 Å². The van der Waals surface area contributed by atoms with E-state index in [9.17, 15) is 4.79 Å². The van der Waals surface area contributed by atoms with E-state index < -0.39 is 0 Å². The van der Waals surface area contributed by atoms with Crippen molar-refractivity contribution >= 4 is 18.3 Å². The SMILES string of the molecule is Cl.NCC1(CC(=O)NC(c2ccccc2)C2CCCO2)CCCCC1. The molecule has 4 nitrogen and oxygen atoms in total. The van der Waals surface area contributed by atoms with Crippen LogP contribution in [0.15, 0.2) is 30.3 Å². The highest BCUT2D eigenvalue weighted by Crippen LogP contribution is 2.38. The number of halogens is 1. The number of ether oxygens (including phenoxy) is 1. The van der Waals surface area contributed by atoms with Crippen LogP contribution in [0.4, 0.5) is 0 Å². The van der Waals surface area contributed by atoms with Crippen molar-refractivity contribution in [3.05, 3.63) is 35.9 Å². The summed E-state index contributed by atoms with van der Waals surface area (Å²) in [5, 5.41) is 3.26. The summed E-state index contributed by atoms with van der Waals surface area (Å²) in [6.45, 7) is 1.40. The summed E-state index contributed by atoms with van der Waals surface area (Å²) in [6, 6.07) is 10.1. The molecule has 0 aromatic heterocycles. The lowest BCUT2D eigenvalue weighted by molar-refractivity contribution is -0.125. The average molecular weight is 367 g/mol. The molecule has 1 saturated carbocycles. The molecule has 0 radical (unpaired) electrons. The minimum Gasteiger partial charge on any atom is -0.376 e. The first kappa shape index (κ1) is 20.2. The largest absolute Gasteiger partial charge is 0.376 e. The number of nitrogens with one attached hydrogen (secondary N) is 1. The third-order valence-electron chi connectivity index (χ3n) is 5.69. The summed E-state index contributed by atoms with van der Waals surface area (Å²) < 4.78 is 5.87. The van der Waals surface area contributed by atoms with E-state index >= 15 is 0 Å². The molecule has 1 saturated heterocycles. The maximum absolute atomic E-state index is 12.8. The topological polar surface area (TPSA) is 64.4 Å². The van der Waals surface area contributed by atoms with Crippen LogP contribution in [-0.4, -0.2) is 25.2 Å². The van der Waals surface area contributed by atoms with E-state index in [0.29, 0.717) is 13.0 Å². The maximum atomic E-state index is 12.8. The highest BCUT2D eigenvalue weighted by molar-refractivity contribution is 5.85. The smallest absolute Gasteiger partial charge is 0.221 e. The molecule has 1 amide bonds. The van der Waals surface area contributed by atoms with Crippen molar-refractivity contribution in [2.75, 3.05) is 13.2 Å². The monoisotopic (exact) mass is 366 g/mol. The van der Waals surface area contributed by atoms with Gasteiger partial charge in [-0.25, -0.2) is 0 Å². The van der Waals surface area contributed by atoms with Crippen LogP contribution in [0.3, 0.4) is 0 Å². The van der Waals surface area contributed by atoms with E-state index in [1.54, 1.807) is 0 Å². The summed E-state index contributed by atoms with van der Waals surface area (Å²) in [5.74, 6) is 0.117. The van der Waals surface area contributed by atoms with Gasteiger partial charge in [0.15, 0.2) is 0 Å². The fourth-order valence-corrected chi connectivity index (χ4v) is 4.24. The first-order valence-corrected chi connectivity index (χ1v) is 9.38. The standard InChI is InChI=1S/C20H30N2O2.ClH/c21-15-20(11-5-2-6-12-20)14-18(23)22-19(17-10-7-13-24-17)16-8-3-1-4-9-16;/h1,3-4,8-9,17,19H,2,5-7,10-15,21H2,(H,22,23);1H. The van der Waals surface area contributed by atoms with Gasteiger partial charge in [0.2, 0.25) is 5.91 Å². The van der Waals surface area contributed by atoms with Crippen LogP contribution < -0.4 is 11.1 Å². The molecular formula is C20H31ClN2O2. The molecule has 25 heavy (non-hydrogen) atoms. The van der Waals surface area contributed by atoms with Gasteiger partial charge in [0.05, 0.1) is 12.1 Å². The van der Waals surface area contributed by atoms with Crippen molar-refractivity contribution in [1.29, 1.82) is 0 Å². The van der Waals surface area contributed by atoms with Crippen molar-refractivity contribution in [1.82, 2.24) is 5.32 Å². The molecule has 0 spiro atoms. The van der Waals surface area contributed by atoms with Gasteiger partial charge in [-0.3, -0.25) is 4.79 Å². The highest BCUT2D eigenvalue weighted by atomic mass is 35.5. The molecule has 1 aromatic rings. The van der Waals surface area contributed by atoms with Gasteiger partial charge in [0.25, 0.3) is 0 Å². The van der Waals surface area contributed by atoms with E-state index in [2.05, 4.69) is 17.4 Å². The Kier molecular flexibility index (Phi) is 7.73. The molecule has 1 aliphatic carbocycles. The minimum absolute atomic E-state index is 0. The Morgan fingerprint density at radius 3 is 2.52 bits per heavy atom. The van der Waals surface area contributed by atoms with Gasteiger partial charge < -0.3 is 15.8 Å². The maximum Gasteiger partial charge on any atom is 0.221 e. The first-order chi connectivity index (χ1) is 11.7. The molecule has 3 rings (SSSR count). The Labute approximate surface area is 157 Å². The Morgan fingerprint density at radius 1 is 1.20 bits per heavy atom. The van der Waals surface area contributed by atoms with Gasteiger partial charge in [0.1, 0.15) is 0 Å². The van der Waals surface area contributed by atoms with E-state index in [1.165, 1.54) is 19.3 Å². The Morgan fingerprint density at radius 2 is 1.92 bits per heavy atom. The van der Waals surface area contributed by atoms with Gasteiger partial charge in [-0.2, -0.15) is 0 Å². The van der Waals surface area contributed by atoms with Gasteiger partial charge in [-0.1, -0.05) is 49.6 Å². The predicted octanol–water partition coefficient (Wildman–Crippen LogP) is 3.74. The van der Waals surface area contributed by atoms with E-state index in [1.807, 2.05) is 18.2 Å². The van der Waals surface area contributed by atoms with Crippen LogP contribution in [0.25, 0.3) is 0 Å². The van der Waals surface area contributed by atoms with Crippen LogP contribution in [0.2, 0.25) is 0 Å². The third kappa shape index (κ3) is 5.19. The Bertz CT molecular complexity index is 526. The molecule has 2 fully saturated rings. The second-order valence-electron chi connectivity index (χ2n) is 7.45. The number of benzene rings is 1. The number of rotatable bonds is 6. The molecule has 140 valence electrons. The number of nitrogens with two attached hydrogens (primary N) is 1. The van der Waals surface area contributed by atoms with Crippen molar-refractivity contribution in [2.24, 2.45) is 11.1 Å². The molecule has 2 aliphatic rings. The molecule has 2 atom stereocenters. The van der Waals surface area contributed by atoms with Crippen molar-refractivity contribution in [3.63, 3.8) is 0 Å². The van der Waals surface area contributed by atoms with Crippen molar-refractivity contribution in [2.45, 2.75) is 63.5 Å². The zero-order chi connectivity index (χ0) is 16.8. The molecule has 5 heteroatoms. The second kappa shape index (κ2) is 9.56. The number of hydrogen-bond donors (Lipinski definition) is 2. The number of amides is 1. The molecule has 2 unspecified atom stereocenters. The first-order valence-electron chi connectivity index (χ1n) is 9.38. The summed E-state index contributed by atoms with van der Waals surface area (Å²) in [6.07, 6.45) is 8.50. The molecular weight excluding hydrogens is 336 g/mol. The quantitative estimate of drug-likeness (QED) is 0.805. The molecule has 1 aromatic carbocycles. The summed E-state index contributed by atoms with van der Waals surface area (Å²) in [4.78, 5) is 12.8. The average Bonchev–Trinajstić information content (AvgIpc) is 3.15. The summed E-state index contributed by atoms with van der Waals surface area (Å²) >= 11 is 0. The van der Waals surface area contributed by atoms with Crippen LogP contribution in [0.1, 0.15) is 63.0 Å². The zero-order valence-electron chi connectivity index (χ0n) is 14.9. The number of hydrogen-bond acceptors (Lipinski definition) is 3. The minimum atomic E-state index is -0.0559. The lowest BCUT2D eigenvalue weighted by Crippen LogP contribution is -2.42. The van der Waals surface area contributed by atoms with E-state index in [-0.39, 0.29) is 35.9 Å². The lowest BCUT2D eigenvalue weighted by Gasteiger charge is -2.36. The Hall–Kier alpha value is -1.10. The van der Waals surface area contributed by atoms with Gasteiger partial charge in [-0.15, -0.1) is 12.4 Å². The predicted molar refractivity (Wildman–Crippen MR) is 103 cm³/mol. The fraction of sp³-hybridized carbons (Fsp3) is 0.650. The third-order valence-corrected chi connectivity index (χ3v) is 5.69. The second-order valence-corrected chi connectivity index (χ2v) is 7.45. The van der Waals surface area contributed by atoms with Gasteiger partial charge in [0, 0.05) is 13.0 Å². The molecule has 3 N–H and O–H groups in total. The van der Waals surface area contributed by atoms with E-state index in [0.717, 1.165) is 37.9 Å². The normalized spacial score (nSPS) is 23.5. The number of carbonyl (C=O) groups is 1. The van der Waals surface area contributed by atoms with Crippen LogP contribution in [0.5, 0.6) is 0 Å². The van der Waals surface area contributed by atoms with E-state index in [4.69, 9.17) is 10.5 Å².